The third-order valence-corrected chi connectivity index (χ3v) is 5.48. The average molecular weight is 393 g/mol. The van der Waals surface area contributed by atoms with Gasteiger partial charge in [-0.15, -0.1) is 0 Å². The Balaban J connectivity index is 1.41. The summed E-state index contributed by atoms with van der Waals surface area (Å²) in [5.74, 6) is 3.29. The second-order valence-electron chi connectivity index (χ2n) is 7.78. The van der Waals surface area contributed by atoms with Crippen molar-refractivity contribution in [2.75, 3.05) is 22.5 Å². The summed E-state index contributed by atoms with van der Waals surface area (Å²) in [6, 6.07) is 8.47. The topological polar surface area (TPSA) is 90.5 Å². The summed E-state index contributed by atoms with van der Waals surface area (Å²) in [7, 11) is 0. The van der Waals surface area contributed by atoms with Crippen molar-refractivity contribution in [3.8, 4) is 0 Å². The van der Waals surface area contributed by atoms with Gasteiger partial charge in [-0.1, -0.05) is 12.1 Å². The highest BCUT2D eigenvalue weighted by Crippen LogP contribution is 2.40. The van der Waals surface area contributed by atoms with Gasteiger partial charge in [-0.25, -0.2) is 4.39 Å². The maximum Gasteiger partial charge on any atom is 0.227 e. The van der Waals surface area contributed by atoms with E-state index in [1.807, 2.05) is 6.92 Å². The summed E-state index contributed by atoms with van der Waals surface area (Å²) in [5, 5.41) is 17.6. The fraction of sp³-hybridized carbons (Fsp3) is 0.381. The number of benzene rings is 1. The van der Waals surface area contributed by atoms with Crippen LogP contribution in [0.4, 0.5) is 27.8 Å². The highest BCUT2D eigenvalue weighted by atomic mass is 19.1. The SMILES string of the molecule is C[C@H](Nc1nc2c(c(Nc3cc(C4CC4)[nH]n3)n1)CCCN2)c1ccc(F)cc1. The molecule has 0 amide bonds. The van der Waals surface area contributed by atoms with E-state index < -0.39 is 0 Å². The van der Waals surface area contributed by atoms with Gasteiger partial charge >= 0.3 is 0 Å². The van der Waals surface area contributed by atoms with Crippen LogP contribution in [0.15, 0.2) is 30.3 Å². The third kappa shape index (κ3) is 3.87. The molecule has 3 aromatic rings. The minimum absolute atomic E-state index is 0.0584. The number of hydrogen-bond acceptors (Lipinski definition) is 6. The van der Waals surface area contributed by atoms with Gasteiger partial charge in [0.2, 0.25) is 5.95 Å². The number of aromatic nitrogens is 4. The molecular formula is C21H24FN7. The molecule has 8 heteroatoms. The van der Waals surface area contributed by atoms with E-state index >= 15 is 0 Å². The van der Waals surface area contributed by atoms with Gasteiger partial charge in [0, 0.05) is 29.8 Å². The molecule has 0 saturated heterocycles. The van der Waals surface area contributed by atoms with Crippen LogP contribution in [-0.4, -0.2) is 26.7 Å². The average Bonchev–Trinajstić information content (AvgIpc) is 3.48. The monoisotopic (exact) mass is 393 g/mol. The molecule has 1 fully saturated rings. The Bertz CT molecular complexity index is 1010. The zero-order valence-corrected chi connectivity index (χ0v) is 16.3. The highest BCUT2D eigenvalue weighted by Gasteiger charge is 2.26. The smallest absolute Gasteiger partial charge is 0.227 e. The minimum Gasteiger partial charge on any atom is -0.370 e. The first-order valence-electron chi connectivity index (χ1n) is 10.1. The third-order valence-electron chi connectivity index (χ3n) is 5.48. The Morgan fingerprint density at radius 1 is 1.17 bits per heavy atom. The molecule has 29 heavy (non-hydrogen) atoms. The Kier molecular flexibility index (Phi) is 4.54. The molecule has 4 N–H and O–H groups in total. The molecule has 7 nitrogen and oxygen atoms in total. The van der Waals surface area contributed by atoms with Crippen LogP contribution in [0.3, 0.4) is 0 Å². The fourth-order valence-corrected chi connectivity index (χ4v) is 3.66. The van der Waals surface area contributed by atoms with Gasteiger partial charge in [-0.2, -0.15) is 15.1 Å². The molecule has 1 aromatic carbocycles. The first-order chi connectivity index (χ1) is 14.2. The lowest BCUT2D eigenvalue weighted by Gasteiger charge is -2.22. The van der Waals surface area contributed by atoms with Crippen LogP contribution in [0.2, 0.25) is 0 Å². The number of halogens is 1. The van der Waals surface area contributed by atoms with Gasteiger partial charge in [0.15, 0.2) is 5.82 Å². The minimum atomic E-state index is -0.244. The van der Waals surface area contributed by atoms with Crippen molar-refractivity contribution in [1.82, 2.24) is 20.2 Å². The van der Waals surface area contributed by atoms with Crippen LogP contribution in [0.5, 0.6) is 0 Å². The number of anilines is 4. The Morgan fingerprint density at radius 3 is 2.79 bits per heavy atom. The molecule has 2 aromatic heterocycles. The summed E-state index contributed by atoms with van der Waals surface area (Å²) in [5.41, 5.74) is 3.22. The molecule has 3 heterocycles. The molecule has 0 spiro atoms. The Labute approximate surface area is 168 Å². The summed E-state index contributed by atoms with van der Waals surface area (Å²) < 4.78 is 13.2. The van der Waals surface area contributed by atoms with E-state index in [-0.39, 0.29) is 11.9 Å². The molecule has 2 aliphatic rings. The van der Waals surface area contributed by atoms with E-state index in [1.165, 1.54) is 30.7 Å². The van der Waals surface area contributed by atoms with E-state index in [2.05, 4.69) is 37.2 Å². The van der Waals surface area contributed by atoms with Crippen LogP contribution in [0.1, 0.15) is 55.0 Å². The first-order valence-corrected chi connectivity index (χ1v) is 10.1. The van der Waals surface area contributed by atoms with Gasteiger partial charge < -0.3 is 16.0 Å². The fourth-order valence-electron chi connectivity index (χ4n) is 3.66. The molecule has 1 aliphatic carbocycles. The normalized spacial score (nSPS) is 16.6. The molecule has 0 bridgehead atoms. The highest BCUT2D eigenvalue weighted by molar-refractivity contribution is 5.66. The van der Waals surface area contributed by atoms with Gasteiger partial charge in [-0.05, 0) is 50.3 Å². The Hall–Kier alpha value is -3.16. The molecule has 1 atom stereocenters. The van der Waals surface area contributed by atoms with Crippen molar-refractivity contribution in [2.45, 2.75) is 44.6 Å². The molecule has 1 saturated carbocycles. The quantitative estimate of drug-likeness (QED) is 0.493. The van der Waals surface area contributed by atoms with Crippen LogP contribution in [0, 0.1) is 5.82 Å². The molecule has 1 aliphatic heterocycles. The maximum absolute atomic E-state index is 13.2. The lowest BCUT2D eigenvalue weighted by atomic mass is 10.1. The first kappa shape index (κ1) is 17.9. The zero-order valence-electron chi connectivity index (χ0n) is 16.3. The van der Waals surface area contributed by atoms with Gasteiger partial charge in [-0.3, -0.25) is 5.10 Å². The molecule has 5 rings (SSSR count). The maximum atomic E-state index is 13.2. The molecule has 0 radical (unpaired) electrons. The van der Waals surface area contributed by atoms with E-state index in [4.69, 9.17) is 4.98 Å². The predicted octanol–water partition coefficient (Wildman–Crippen LogP) is 4.49. The number of H-pyrrole nitrogens is 1. The van der Waals surface area contributed by atoms with E-state index in [0.717, 1.165) is 48.0 Å². The molecular weight excluding hydrogens is 369 g/mol. The number of nitrogens with one attached hydrogen (secondary N) is 4. The van der Waals surface area contributed by atoms with E-state index in [1.54, 1.807) is 12.1 Å². The number of hydrogen-bond donors (Lipinski definition) is 4. The predicted molar refractivity (Wildman–Crippen MR) is 111 cm³/mol. The number of rotatable bonds is 6. The lowest BCUT2D eigenvalue weighted by molar-refractivity contribution is 0.626. The van der Waals surface area contributed by atoms with Crippen molar-refractivity contribution in [2.24, 2.45) is 0 Å². The van der Waals surface area contributed by atoms with Gasteiger partial charge in [0.05, 0.1) is 6.04 Å². The summed E-state index contributed by atoms with van der Waals surface area (Å²) >= 11 is 0. The lowest BCUT2D eigenvalue weighted by Crippen LogP contribution is -2.18. The summed E-state index contributed by atoms with van der Waals surface area (Å²) in [6.07, 6.45) is 4.41. The van der Waals surface area contributed by atoms with Crippen molar-refractivity contribution in [3.63, 3.8) is 0 Å². The van der Waals surface area contributed by atoms with Gasteiger partial charge in [0.25, 0.3) is 0 Å². The van der Waals surface area contributed by atoms with Crippen LogP contribution >= 0.6 is 0 Å². The largest absolute Gasteiger partial charge is 0.370 e. The second-order valence-corrected chi connectivity index (χ2v) is 7.78. The number of aromatic amines is 1. The van der Waals surface area contributed by atoms with Crippen LogP contribution in [-0.2, 0) is 6.42 Å². The van der Waals surface area contributed by atoms with Crippen molar-refractivity contribution in [3.05, 3.63) is 53.0 Å². The molecule has 0 unspecified atom stereocenters. The zero-order chi connectivity index (χ0) is 19.8. The van der Waals surface area contributed by atoms with Gasteiger partial charge in [0.1, 0.15) is 17.5 Å². The number of nitrogens with zero attached hydrogens (tertiary/aromatic N) is 3. The standard InChI is InChI=1S/C21H24FN7/c1-12(13-6-8-15(22)9-7-13)24-21-26-19-16(3-2-10-23-19)20(27-21)25-18-11-17(28-29-18)14-4-5-14/h6-9,11-12,14H,2-5,10H2,1H3,(H4,23,24,25,26,27,28,29)/t12-/m0/s1. The Morgan fingerprint density at radius 2 is 2.00 bits per heavy atom. The van der Waals surface area contributed by atoms with Crippen molar-refractivity contribution >= 4 is 23.4 Å². The number of fused-ring (bicyclic) bond motifs is 1. The van der Waals surface area contributed by atoms with Crippen LogP contribution in [0.25, 0.3) is 0 Å². The molecule has 150 valence electrons. The van der Waals surface area contributed by atoms with E-state index in [0.29, 0.717) is 11.9 Å². The second kappa shape index (κ2) is 7.35. The van der Waals surface area contributed by atoms with Crippen molar-refractivity contribution in [1.29, 1.82) is 0 Å². The van der Waals surface area contributed by atoms with Crippen LogP contribution < -0.4 is 16.0 Å². The summed E-state index contributed by atoms with van der Waals surface area (Å²) in [4.78, 5) is 9.40. The van der Waals surface area contributed by atoms with E-state index in [9.17, 15) is 4.39 Å². The summed E-state index contributed by atoms with van der Waals surface area (Å²) in [6.45, 7) is 2.90. The van der Waals surface area contributed by atoms with Crippen molar-refractivity contribution < 1.29 is 4.39 Å².